The van der Waals surface area contributed by atoms with E-state index in [2.05, 4.69) is 26.0 Å². The zero-order valence-electron chi connectivity index (χ0n) is 12.6. The van der Waals surface area contributed by atoms with Gasteiger partial charge in [-0.05, 0) is 18.4 Å². The van der Waals surface area contributed by atoms with Crippen LogP contribution in [0, 0.1) is 0 Å². The standard InChI is InChI=1S/C18H28O/c1-3-5-6-7-8-9-10-11-18(19)17-14-12-16(4-2)13-15-17/h12-15H,3-11H2,1-2H3. The SMILES string of the molecule is CCCCCCCCCC(=O)c1ccc(CC)cc1. The number of rotatable bonds is 10. The number of hydrogen-bond donors (Lipinski definition) is 0. The Labute approximate surface area is 118 Å². The van der Waals surface area contributed by atoms with Gasteiger partial charge in [0.15, 0.2) is 5.78 Å². The van der Waals surface area contributed by atoms with Gasteiger partial charge in [0.2, 0.25) is 0 Å². The fourth-order valence-corrected chi connectivity index (χ4v) is 2.31. The van der Waals surface area contributed by atoms with Gasteiger partial charge in [-0.25, -0.2) is 0 Å². The van der Waals surface area contributed by atoms with Crippen LogP contribution in [0.1, 0.15) is 81.1 Å². The lowest BCUT2D eigenvalue weighted by Gasteiger charge is -2.03. The summed E-state index contributed by atoms with van der Waals surface area (Å²) in [4.78, 5) is 12.0. The Bertz CT molecular complexity index is 350. The molecule has 1 aromatic rings. The Morgan fingerprint density at radius 1 is 0.842 bits per heavy atom. The van der Waals surface area contributed by atoms with Crippen LogP contribution in [0.25, 0.3) is 0 Å². The number of ketones is 1. The molecule has 0 aliphatic carbocycles. The highest BCUT2D eigenvalue weighted by atomic mass is 16.1. The highest BCUT2D eigenvalue weighted by Crippen LogP contribution is 2.12. The van der Waals surface area contributed by atoms with Crippen molar-refractivity contribution in [3.63, 3.8) is 0 Å². The molecule has 0 spiro atoms. The van der Waals surface area contributed by atoms with Crippen molar-refractivity contribution in [1.29, 1.82) is 0 Å². The van der Waals surface area contributed by atoms with E-state index in [4.69, 9.17) is 0 Å². The molecule has 1 heteroatoms. The van der Waals surface area contributed by atoms with Crippen molar-refractivity contribution in [2.24, 2.45) is 0 Å². The normalized spacial score (nSPS) is 10.6. The molecule has 0 heterocycles. The lowest BCUT2D eigenvalue weighted by atomic mass is 10.0. The molecule has 1 nitrogen and oxygen atoms in total. The molecule has 1 aromatic carbocycles. The Morgan fingerprint density at radius 3 is 2.00 bits per heavy atom. The number of aryl methyl sites for hydroxylation is 1. The molecular formula is C18H28O. The van der Waals surface area contributed by atoms with Crippen LogP contribution in [0.4, 0.5) is 0 Å². The first-order valence-electron chi connectivity index (χ1n) is 7.90. The first-order chi connectivity index (χ1) is 9.27. The minimum Gasteiger partial charge on any atom is -0.294 e. The number of Topliss-reactive ketones (excluding diaryl/α,β-unsaturated/α-hetero) is 1. The summed E-state index contributed by atoms with van der Waals surface area (Å²) in [5, 5.41) is 0. The highest BCUT2D eigenvalue weighted by molar-refractivity contribution is 5.96. The van der Waals surface area contributed by atoms with Gasteiger partial charge in [0.25, 0.3) is 0 Å². The molecule has 106 valence electrons. The van der Waals surface area contributed by atoms with E-state index in [1.54, 1.807) is 0 Å². The van der Waals surface area contributed by atoms with E-state index in [-0.39, 0.29) is 0 Å². The van der Waals surface area contributed by atoms with Gasteiger partial charge in [-0.15, -0.1) is 0 Å². The quantitative estimate of drug-likeness (QED) is 0.397. The summed E-state index contributed by atoms with van der Waals surface area (Å²) in [7, 11) is 0. The van der Waals surface area contributed by atoms with Gasteiger partial charge in [0, 0.05) is 12.0 Å². The van der Waals surface area contributed by atoms with Crippen molar-refractivity contribution in [2.45, 2.75) is 71.6 Å². The van der Waals surface area contributed by atoms with Crippen molar-refractivity contribution in [1.82, 2.24) is 0 Å². The fraction of sp³-hybridized carbons (Fsp3) is 0.611. The van der Waals surface area contributed by atoms with Crippen LogP contribution in [0.15, 0.2) is 24.3 Å². The zero-order valence-corrected chi connectivity index (χ0v) is 12.6. The molecule has 0 saturated carbocycles. The van der Waals surface area contributed by atoms with Crippen LogP contribution in [-0.4, -0.2) is 5.78 Å². The van der Waals surface area contributed by atoms with E-state index in [1.165, 1.54) is 44.1 Å². The molecule has 0 fully saturated rings. The summed E-state index contributed by atoms with van der Waals surface area (Å²) < 4.78 is 0. The van der Waals surface area contributed by atoms with E-state index >= 15 is 0 Å². The van der Waals surface area contributed by atoms with Crippen LogP contribution in [0.3, 0.4) is 0 Å². The molecule has 0 aliphatic heterocycles. The minimum atomic E-state index is 0.302. The molecule has 1 rings (SSSR count). The smallest absolute Gasteiger partial charge is 0.162 e. The van der Waals surface area contributed by atoms with Crippen molar-refractivity contribution in [3.8, 4) is 0 Å². The molecule has 0 aliphatic rings. The third kappa shape index (κ3) is 6.56. The molecular weight excluding hydrogens is 232 g/mol. The maximum atomic E-state index is 12.0. The molecule has 0 bridgehead atoms. The fourth-order valence-electron chi connectivity index (χ4n) is 2.31. The molecule has 0 atom stereocenters. The number of benzene rings is 1. The van der Waals surface area contributed by atoms with Crippen LogP contribution in [0.5, 0.6) is 0 Å². The van der Waals surface area contributed by atoms with Gasteiger partial charge in [-0.3, -0.25) is 4.79 Å². The Balaban J connectivity index is 2.16. The molecule has 0 N–H and O–H groups in total. The van der Waals surface area contributed by atoms with Crippen molar-refractivity contribution < 1.29 is 4.79 Å². The second-order valence-corrected chi connectivity index (χ2v) is 5.34. The summed E-state index contributed by atoms with van der Waals surface area (Å²) in [6, 6.07) is 8.08. The predicted octanol–water partition coefficient (Wildman–Crippen LogP) is 5.57. The molecule has 0 amide bonds. The summed E-state index contributed by atoms with van der Waals surface area (Å²) in [5.41, 5.74) is 2.18. The van der Waals surface area contributed by atoms with Crippen LogP contribution in [0.2, 0.25) is 0 Å². The van der Waals surface area contributed by atoms with Gasteiger partial charge >= 0.3 is 0 Å². The second-order valence-electron chi connectivity index (χ2n) is 5.34. The minimum absolute atomic E-state index is 0.302. The molecule has 19 heavy (non-hydrogen) atoms. The summed E-state index contributed by atoms with van der Waals surface area (Å²) in [6.07, 6.45) is 10.6. The third-order valence-corrected chi connectivity index (χ3v) is 3.69. The van der Waals surface area contributed by atoms with E-state index in [0.29, 0.717) is 12.2 Å². The van der Waals surface area contributed by atoms with E-state index in [0.717, 1.165) is 18.4 Å². The van der Waals surface area contributed by atoms with Crippen molar-refractivity contribution in [2.75, 3.05) is 0 Å². The number of carbonyl (C=O) groups excluding carboxylic acids is 1. The van der Waals surface area contributed by atoms with E-state index in [9.17, 15) is 4.79 Å². The largest absolute Gasteiger partial charge is 0.294 e. The highest BCUT2D eigenvalue weighted by Gasteiger charge is 2.05. The van der Waals surface area contributed by atoms with E-state index < -0.39 is 0 Å². The van der Waals surface area contributed by atoms with E-state index in [1.807, 2.05) is 12.1 Å². The summed E-state index contributed by atoms with van der Waals surface area (Å²) >= 11 is 0. The Kier molecular flexibility index (Phi) is 8.20. The molecule has 0 saturated heterocycles. The monoisotopic (exact) mass is 260 g/mol. The summed E-state index contributed by atoms with van der Waals surface area (Å²) in [6.45, 7) is 4.37. The van der Waals surface area contributed by atoms with Crippen LogP contribution in [-0.2, 0) is 6.42 Å². The number of carbonyl (C=O) groups is 1. The number of hydrogen-bond acceptors (Lipinski definition) is 1. The Hall–Kier alpha value is -1.11. The maximum absolute atomic E-state index is 12.0. The third-order valence-electron chi connectivity index (χ3n) is 3.69. The van der Waals surface area contributed by atoms with Crippen LogP contribution < -0.4 is 0 Å². The predicted molar refractivity (Wildman–Crippen MR) is 82.8 cm³/mol. The van der Waals surface area contributed by atoms with Gasteiger partial charge in [0.1, 0.15) is 0 Å². The number of unbranched alkanes of at least 4 members (excludes halogenated alkanes) is 6. The van der Waals surface area contributed by atoms with Gasteiger partial charge < -0.3 is 0 Å². The average molecular weight is 260 g/mol. The lowest BCUT2D eigenvalue weighted by Crippen LogP contribution is -1.99. The summed E-state index contributed by atoms with van der Waals surface area (Å²) in [5.74, 6) is 0.302. The van der Waals surface area contributed by atoms with Crippen molar-refractivity contribution in [3.05, 3.63) is 35.4 Å². The second kappa shape index (κ2) is 9.77. The maximum Gasteiger partial charge on any atom is 0.162 e. The zero-order chi connectivity index (χ0) is 13.9. The molecule has 0 aromatic heterocycles. The first-order valence-corrected chi connectivity index (χ1v) is 7.90. The lowest BCUT2D eigenvalue weighted by molar-refractivity contribution is 0.0979. The Morgan fingerprint density at radius 2 is 1.42 bits per heavy atom. The van der Waals surface area contributed by atoms with Crippen LogP contribution >= 0.6 is 0 Å². The van der Waals surface area contributed by atoms with Gasteiger partial charge in [-0.1, -0.05) is 76.6 Å². The van der Waals surface area contributed by atoms with Gasteiger partial charge in [0.05, 0.1) is 0 Å². The van der Waals surface area contributed by atoms with Gasteiger partial charge in [-0.2, -0.15) is 0 Å². The molecule has 0 unspecified atom stereocenters. The topological polar surface area (TPSA) is 17.1 Å². The van der Waals surface area contributed by atoms with Crippen molar-refractivity contribution >= 4 is 5.78 Å². The average Bonchev–Trinajstić information content (AvgIpc) is 2.46. The first kappa shape index (κ1) is 15.9. The molecule has 0 radical (unpaired) electrons.